The first-order valence-corrected chi connectivity index (χ1v) is 2.80. The molecule has 0 spiro atoms. The Kier molecular flexibility index (Phi) is 4.00. The lowest BCUT2D eigenvalue weighted by atomic mass is 10.3. The van der Waals surface area contributed by atoms with Gasteiger partial charge in [-0.1, -0.05) is 0 Å². The summed E-state index contributed by atoms with van der Waals surface area (Å²) in [5.74, 6) is -0.385. The van der Waals surface area contributed by atoms with Gasteiger partial charge in [0, 0.05) is 6.42 Å². The third-order valence-electron chi connectivity index (χ3n) is 0.997. The van der Waals surface area contributed by atoms with Crippen molar-refractivity contribution in [2.75, 3.05) is 7.05 Å². The van der Waals surface area contributed by atoms with E-state index in [9.17, 15) is 4.79 Å². The van der Waals surface area contributed by atoms with Gasteiger partial charge >= 0.3 is 0 Å². The molecular weight excluding hydrogens is 120 g/mol. The fourth-order valence-electron chi connectivity index (χ4n) is 0.423. The molecule has 9 heavy (non-hydrogen) atoms. The van der Waals surface area contributed by atoms with Crippen LogP contribution in [-0.4, -0.2) is 24.3 Å². The Balaban J connectivity index is 3.16. The molecule has 1 amide bonds. The van der Waals surface area contributed by atoms with E-state index in [-0.39, 0.29) is 12.3 Å². The van der Waals surface area contributed by atoms with Gasteiger partial charge in [0.05, 0.1) is 0 Å². The van der Waals surface area contributed by atoms with Crippen LogP contribution in [0.5, 0.6) is 0 Å². The summed E-state index contributed by atoms with van der Waals surface area (Å²) >= 11 is 0. The zero-order valence-corrected chi connectivity index (χ0v) is 5.42. The van der Waals surface area contributed by atoms with Crippen molar-refractivity contribution in [3.8, 4) is 0 Å². The molecule has 0 bridgehead atoms. The van der Waals surface area contributed by atoms with Gasteiger partial charge in [-0.2, -0.15) is 0 Å². The van der Waals surface area contributed by atoms with E-state index in [1.165, 1.54) is 0 Å². The summed E-state index contributed by atoms with van der Waals surface area (Å²) in [6.07, 6.45) is -0.00843. The molecule has 4 nitrogen and oxygen atoms in total. The van der Waals surface area contributed by atoms with Crippen molar-refractivity contribution in [1.29, 1.82) is 0 Å². The molecule has 1 atom stereocenters. The third kappa shape index (κ3) is 5.26. The first kappa shape index (κ1) is 8.39. The molecule has 0 radical (unpaired) electrons. The molecule has 0 aromatic rings. The first-order chi connectivity index (χ1) is 4.16. The topological polar surface area (TPSA) is 75.3 Å². The highest BCUT2D eigenvalue weighted by atomic mass is 16.3. The predicted molar refractivity (Wildman–Crippen MR) is 33.5 cm³/mol. The molecule has 0 heterocycles. The Bertz CT molecular complexity index is 95.0. The maximum atomic E-state index is 10.1. The van der Waals surface area contributed by atoms with E-state index in [0.29, 0.717) is 6.42 Å². The Morgan fingerprint density at radius 2 is 2.44 bits per heavy atom. The molecule has 0 aliphatic rings. The van der Waals surface area contributed by atoms with E-state index < -0.39 is 6.23 Å². The largest absolute Gasteiger partial charge is 0.379 e. The van der Waals surface area contributed by atoms with Gasteiger partial charge in [-0.25, -0.2) is 0 Å². The van der Waals surface area contributed by atoms with Crippen LogP contribution in [0, 0.1) is 0 Å². The van der Waals surface area contributed by atoms with Crippen LogP contribution >= 0.6 is 0 Å². The molecule has 0 fully saturated rings. The summed E-state index contributed by atoms with van der Waals surface area (Å²) in [7, 11) is 1.62. The average molecular weight is 132 g/mol. The summed E-state index contributed by atoms with van der Waals surface area (Å²) in [6.45, 7) is 0. The number of carbonyl (C=O) groups excluding carboxylic acids is 1. The molecule has 0 aromatic carbocycles. The lowest BCUT2D eigenvalue weighted by Gasteiger charge is -2.05. The summed E-state index contributed by atoms with van der Waals surface area (Å²) < 4.78 is 0. The molecule has 54 valence electrons. The quantitative estimate of drug-likeness (QED) is 0.420. The van der Waals surface area contributed by atoms with Crippen LogP contribution in [0.4, 0.5) is 0 Å². The molecular formula is C5H12N2O2. The number of nitrogens with one attached hydrogen (secondary N) is 1. The van der Waals surface area contributed by atoms with Crippen molar-refractivity contribution in [1.82, 2.24) is 5.32 Å². The van der Waals surface area contributed by atoms with Crippen molar-refractivity contribution < 1.29 is 9.90 Å². The van der Waals surface area contributed by atoms with Crippen molar-refractivity contribution in [3.63, 3.8) is 0 Å². The number of aliphatic hydroxyl groups excluding tert-OH is 1. The van der Waals surface area contributed by atoms with Gasteiger partial charge in [0.2, 0.25) is 5.91 Å². The van der Waals surface area contributed by atoms with E-state index in [4.69, 9.17) is 10.8 Å². The first-order valence-electron chi connectivity index (χ1n) is 2.80. The van der Waals surface area contributed by atoms with E-state index in [1.54, 1.807) is 7.05 Å². The second-order valence-electron chi connectivity index (χ2n) is 1.81. The van der Waals surface area contributed by atoms with Crippen LogP contribution in [-0.2, 0) is 4.79 Å². The Hall–Kier alpha value is -0.610. The van der Waals surface area contributed by atoms with Gasteiger partial charge in [-0.05, 0) is 13.5 Å². The molecule has 0 aliphatic heterocycles. The van der Waals surface area contributed by atoms with Crippen LogP contribution in [0.15, 0.2) is 0 Å². The van der Waals surface area contributed by atoms with Crippen molar-refractivity contribution in [2.24, 2.45) is 5.73 Å². The van der Waals surface area contributed by atoms with Crippen LogP contribution < -0.4 is 11.1 Å². The molecule has 4 N–H and O–H groups in total. The van der Waals surface area contributed by atoms with Crippen LogP contribution in [0.1, 0.15) is 12.8 Å². The smallest absolute Gasteiger partial charge is 0.217 e. The number of primary amides is 1. The van der Waals surface area contributed by atoms with Crippen LogP contribution in [0.25, 0.3) is 0 Å². The van der Waals surface area contributed by atoms with Crippen LogP contribution in [0.2, 0.25) is 0 Å². The number of nitrogens with two attached hydrogens (primary N) is 1. The zero-order chi connectivity index (χ0) is 7.28. The fraction of sp³-hybridized carbons (Fsp3) is 0.800. The molecule has 4 heteroatoms. The van der Waals surface area contributed by atoms with Gasteiger partial charge in [0.25, 0.3) is 0 Å². The van der Waals surface area contributed by atoms with Gasteiger partial charge in [0.1, 0.15) is 6.23 Å². The average Bonchev–Trinajstić information content (AvgIpc) is 1.83. The second kappa shape index (κ2) is 4.29. The zero-order valence-electron chi connectivity index (χ0n) is 5.42. The highest BCUT2D eigenvalue weighted by molar-refractivity contribution is 5.73. The third-order valence-corrected chi connectivity index (χ3v) is 0.997. The molecule has 0 aromatic heterocycles. The molecule has 0 saturated heterocycles. The number of hydrogen-bond acceptors (Lipinski definition) is 3. The van der Waals surface area contributed by atoms with E-state index in [2.05, 4.69) is 5.32 Å². The monoisotopic (exact) mass is 132 g/mol. The highest BCUT2D eigenvalue weighted by Crippen LogP contribution is 1.90. The van der Waals surface area contributed by atoms with Crippen molar-refractivity contribution >= 4 is 5.91 Å². The highest BCUT2D eigenvalue weighted by Gasteiger charge is 2.00. The van der Waals surface area contributed by atoms with Crippen LogP contribution in [0.3, 0.4) is 0 Å². The molecule has 0 aliphatic carbocycles. The Morgan fingerprint density at radius 3 is 2.78 bits per heavy atom. The summed E-state index contributed by atoms with van der Waals surface area (Å²) in [5.41, 5.74) is 4.82. The van der Waals surface area contributed by atoms with E-state index in [0.717, 1.165) is 0 Å². The predicted octanol–water partition coefficient (Wildman–Crippen LogP) is -1.21. The Labute approximate surface area is 54.0 Å². The minimum Gasteiger partial charge on any atom is -0.379 e. The maximum absolute atomic E-state index is 10.1. The minimum absolute atomic E-state index is 0.224. The normalized spacial score (nSPS) is 13.1. The molecule has 0 rings (SSSR count). The second-order valence-corrected chi connectivity index (χ2v) is 1.81. The number of carbonyl (C=O) groups is 1. The van der Waals surface area contributed by atoms with Gasteiger partial charge in [-0.15, -0.1) is 0 Å². The Morgan fingerprint density at radius 1 is 1.89 bits per heavy atom. The maximum Gasteiger partial charge on any atom is 0.217 e. The van der Waals surface area contributed by atoms with Crippen molar-refractivity contribution in [2.45, 2.75) is 19.1 Å². The lowest BCUT2D eigenvalue weighted by Crippen LogP contribution is -2.26. The van der Waals surface area contributed by atoms with Gasteiger partial charge < -0.3 is 10.8 Å². The van der Waals surface area contributed by atoms with E-state index in [1.807, 2.05) is 0 Å². The standard InChI is InChI=1S/C5H12N2O2/c1-7-5(9)3-2-4(6)8/h5,7,9H,2-3H2,1H3,(H2,6,8). The number of aliphatic hydroxyl groups is 1. The molecule has 0 saturated carbocycles. The number of hydrogen-bond donors (Lipinski definition) is 3. The number of rotatable bonds is 4. The lowest BCUT2D eigenvalue weighted by molar-refractivity contribution is -0.118. The summed E-state index contributed by atoms with van der Waals surface area (Å²) in [5, 5.41) is 11.4. The minimum atomic E-state index is -0.613. The van der Waals surface area contributed by atoms with Crippen molar-refractivity contribution in [3.05, 3.63) is 0 Å². The molecule has 1 unspecified atom stereocenters. The van der Waals surface area contributed by atoms with Gasteiger partial charge in [-0.3, -0.25) is 10.1 Å². The fourth-order valence-corrected chi connectivity index (χ4v) is 0.423. The van der Waals surface area contributed by atoms with Gasteiger partial charge in [0.15, 0.2) is 0 Å². The summed E-state index contributed by atoms with van der Waals surface area (Å²) in [6, 6.07) is 0. The SMILES string of the molecule is CNC(O)CCC(N)=O. The van der Waals surface area contributed by atoms with E-state index >= 15 is 0 Å². The summed E-state index contributed by atoms with van der Waals surface area (Å²) in [4.78, 5) is 10.1. The number of amides is 1.